The molecule has 1 saturated heterocycles. The van der Waals surface area contributed by atoms with Gasteiger partial charge in [0.15, 0.2) is 5.54 Å². The number of nitrogens with one attached hydrogen (secondary N) is 2. The van der Waals surface area contributed by atoms with Gasteiger partial charge in [-0.25, -0.2) is 4.79 Å². The number of imide groups is 1. The molecule has 1 aromatic rings. The first-order valence-electron chi connectivity index (χ1n) is 5.96. The first-order chi connectivity index (χ1) is 8.69. The Kier molecular flexibility index (Phi) is 3.91. The van der Waals surface area contributed by atoms with E-state index in [4.69, 9.17) is 0 Å². The summed E-state index contributed by atoms with van der Waals surface area (Å²) in [5.41, 5.74) is -0.0880. The Balaban J connectivity index is 2.29. The van der Waals surface area contributed by atoms with E-state index in [1.54, 1.807) is 11.8 Å². The summed E-state index contributed by atoms with van der Waals surface area (Å²) in [6.45, 7) is 2.09. The molecule has 0 spiro atoms. The fourth-order valence-corrected chi connectivity index (χ4v) is 3.08. The molecule has 5 heteroatoms. The molecular formula is C13H16N2O2S. The number of benzene rings is 1. The van der Waals surface area contributed by atoms with Gasteiger partial charge in [0, 0.05) is 5.75 Å². The number of carbonyl (C=O) groups is 2. The largest absolute Gasteiger partial charge is 0.322 e. The second-order valence-corrected chi connectivity index (χ2v) is 5.34. The van der Waals surface area contributed by atoms with Crippen LogP contribution >= 0.6 is 11.8 Å². The van der Waals surface area contributed by atoms with Crippen LogP contribution in [0.15, 0.2) is 30.3 Å². The van der Waals surface area contributed by atoms with Crippen molar-refractivity contribution in [3.05, 3.63) is 35.9 Å². The number of amides is 3. The summed E-state index contributed by atoms with van der Waals surface area (Å²) in [5.74, 6) is 1.27. The van der Waals surface area contributed by atoms with Crippen molar-refractivity contribution in [1.82, 2.24) is 10.6 Å². The molecule has 0 bridgehead atoms. The molecule has 0 aromatic heterocycles. The van der Waals surface area contributed by atoms with Gasteiger partial charge >= 0.3 is 6.03 Å². The molecule has 1 aromatic carbocycles. The van der Waals surface area contributed by atoms with E-state index in [0.29, 0.717) is 5.75 Å². The summed E-state index contributed by atoms with van der Waals surface area (Å²) in [6.07, 6.45) is 1.05. The second-order valence-electron chi connectivity index (χ2n) is 4.23. The molecule has 2 rings (SSSR count). The van der Waals surface area contributed by atoms with E-state index < -0.39 is 11.6 Å². The van der Waals surface area contributed by atoms with Gasteiger partial charge in [-0.3, -0.25) is 10.1 Å². The zero-order valence-electron chi connectivity index (χ0n) is 10.2. The molecule has 1 heterocycles. The third-order valence-electron chi connectivity index (χ3n) is 2.88. The van der Waals surface area contributed by atoms with Crippen molar-refractivity contribution in [2.45, 2.75) is 18.9 Å². The zero-order chi connectivity index (χ0) is 13.0. The molecule has 1 atom stereocenters. The van der Waals surface area contributed by atoms with Gasteiger partial charge in [0.25, 0.3) is 5.91 Å². The van der Waals surface area contributed by atoms with Crippen LogP contribution < -0.4 is 10.6 Å². The Bertz CT molecular complexity index is 450. The number of carbonyl (C=O) groups excluding carboxylic acids is 2. The quantitative estimate of drug-likeness (QED) is 0.630. The molecule has 1 aliphatic rings. The molecule has 18 heavy (non-hydrogen) atoms. The van der Waals surface area contributed by atoms with Gasteiger partial charge < -0.3 is 5.32 Å². The number of hydrogen-bond donors (Lipinski definition) is 2. The zero-order valence-corrected chi connectivity index (χ0v) is 11.0. The van der Waals surface area contributed by atoms with Crippen LogP contribution in [0.2, 0.25) is 0 Å². The van der Waals surface area contributed by atoms with Crippen molar-refractivity contribution < 1.29 is 9.59 Å². The Morgan fingerprint density at radius 3 is 2.50 bits per heavy atom. The summed E-state index contributed by atoms with van der Waals surface area (Å²) in [6, 6.07) is 8.97. The Labute approximate surface area is 111 Å². The van der Waals surface area contributed by atoms with E-state index in [0.717, 1.165) is 17.7 Å². The molecule has 1 unspecified atom stereocenters. The molecule has 1 fully saturated rings. The van der Waals surface area contributed by atoms with E-state index in [1.807, 2.05) is 30.3 Å². The highest BCUT2D eigenvalue weighted by atomic mass is 32.2. The first-order valence-corrected chi connectivity index (χ1v) is 7.11. The maximum atomic E-state index is 12.1. The van der Waals surface area contributed by atoms with E-state index in [9.17, 15) is 9.59 Å². The van der Waals surface area contributed by atoms with Crippen LogP contribution in [0.1, 0.15) is 18.9 Å². The highest BCUT2D eigenvalue weighted by Crippen LogP contribution is 2.29. The van der Waals surface area contributed by atoms with Crippen molar-refractivity contribution in [2.24, 2.45) is 0 Å². The maximum Gasteiger partial charge on any atom is 0.322 e. The number of thioether (sulfide) groups is 1. The fraction of sp³-hybridized carbons (Fsp3) is 0.385. The van der Waals surface area contributed by atoms with Gasteiger partial charge in [0.1, 0.15) is 0 Å². The van der Waals surface area contributed by atoms with Gasteiger partial charge in [-0.15, -0.1) is 0 Å². The predicted octanol–water partition coefficient (Wildman–Crippen LogP) is 1.86. The smallest absolute Gasteiger partial charge is 0.319 e. The third-order valence-corrected chi connectivity index (χ3v) is 4.21. The molecule has 0 aliphatic carbocycles. The van der Waals surface area contributed by atoms with Crippen LogP contribution in [-0.4, -0.2) is 23.4 Å². The summed E-state index contributed by atoms with van der Waals surface area (Å²) >= 11 is 1.67. The second kappa shape index (κ2) is 5.44. The minimum atomic E-state index is -0.918. The average Bonchev–Trinajstić information content (AvgIpc) is 2.67. The average molecular weight is 264 g/mol. The Morgan fingerprint density at radius 1 is 1.22 bits per heavy atom. The van der Waals surface area contributed by atoms with E-state index in [2.05, 4.69) is 17.6 Å². The van der Waals surface area contributed by atoms with Gasteiger partial charge in [-0.2, -0.15) is 11.8 Å². The van der Waals surface area contributed by atoms with E-state index >= 15 is 0 Å². The lowest BCUT2D eigenvalue weighted by molar-refractivity contribution is -0.123. The van der Waals surface area contributed by atoms with Gasteiger partial charge in [0.05, 0.1) is 0 Å². The third kappa shape index (κ3) is 2.36. The molecule has 0 saturated carbocycles. The van der Waals surface area contributed by atoms with Crippen molar-refractivity contribution in [2.75, 3.05) is 11.5 Å². The van der Waals surface area contributed by atoms with Crippen LogP contribution in [0.25, 0.3) is 0 Å². The molecule has 96 valence electrons. The summed E-state index contributed by atoms with van der Waals surface area (Å²) in [4.78, 5) is 23.5. The monoisotopic (exact) mass is 264 g/mol. The van der Waals surface area contributed by atoms with Gasteiger partial charge in [-0.1, -0.05) is 37.3 Å². The van der Waals surface area contributed by atoms with Crippen molar-refractivity contribution in [3.63, 3.8) is 0 Å². The van der Waals surface area contributed by atoms with Crippen LogP contribution in [0.3, 0.4) is 0 Å². The summed E-state index contributed by atoms with van der Waals surface area (Å²) in [5, 5.41) is 5.10. The highest BCUT2D eigenvalue weighted by Gasteiger charge is 2.47. The first kappa shape index (κ1) is 13.0. The molecule has 0 radical (unpaired) electrons. The van der Waals surface area contributed by atoms with Crippen LogP contribution in [0.5, 0.6) is 0 Å². The highest BCUT2D eigenvalue weighted by molar-refractivity contribution is 7.99. The SMILES string of the molecule is CCCSCC1(c2ccccc2)NC(=O)NC1=O. The minimum Gasteiger partial charge on any atom is -0.319 e. The van der Waals surface area contributed by atoms with Crippen LogP contribution in [0.4, 0.5) is 4.79 Å². The molecule has 2 N–H and O–H groups in total. The lowest BCUT2D eigenvalue weighted by Crippen LogP contribution is -2.46. The normalized spacial score (nSPS) is 22.7. The van der Waals surface area contributed by atoms with Crippen LogP contribution in [-0.2, 0) is 10.3 Å². The topological polar surface area (TPSA) is 58.2 Å². The van der Waals surface area contributed by atoms with Crippen molar-refractivity contribution in [3.8, 4) is 0 Å². The van der Waals surface area contributed by atoms with E-state index in [1.165, 1.54) is 0 Å². The lowest BCUT2D eigenvalue weighted by Gasteiger charge is -2.26. The van der Waals surface area contributed by atoms with Gasteiger partial charge in [0.2, 0.25) is 0 Å². The molecule has 4 nitrogen and oxygen atoms in total. The minimum absolute atomic E-state index is 0.262. The molecular weight excluding hydrogens is 248 g/mol. The Morgan fingerprint density at radius 2 is 1.94 bits per heavy atom. The molecule has 3 amide bonds. The number of hydrogen-bond acceptors (Lipinski definition) is 3. The van der Waals surface area contributed by atoms with Gasteiger partial charge in [-0.05, 0) is 17.7 Å². The standard InChI is InChI=1S/C13H16N2O2S/c1-2-8-18-9-13(10-6-4-3-5-7-10)11(16)14-12(17)15-13/h3-7H,2,8-9H2,1H3,(H2,14,15,16,17). The Hall–Kier alpha value is -1.49. The lowest BCUT2D eigenvalue weighted by atomic mass is 9.92. The number of rotatable bonds is 5. The summed E-state index contributed by atoms with van der Waals surface area (Å²) < 4.78 is 0. The molecule has 1 aliphatic heterocycles. The van der Waals surface area contributed by atoms with Crippen molar-refractivity contribution in [1.29, 1.82) is 0 Å². The summed E-state index contributed by atoms with van der Waals surface area (Å²) in [7, 11) is 0. The fourth-order valence-electron chi connectivity index (χ4n) is 1.97. The van der Waals surface area contributed by atoms with E-state index in [-0.39, 0.29) is 5.91 Å². The predicted molar refractivity (Wildman–Crippen MR) is 72.4 cm³/mol. The number of urea groups is 1. The van der Waals surface area contributed by atoms with Crippen LogP contribution in [0, 0.1) is 0 Å². The maximum absolute atomic E-state index is 12.1. The van der Waals surface area contributed by atoms with Crippen molar-refractivity contribution >= 4 is 23.7 Å².